The van der Waals surface area contributed by atoms with Gasteiger partial charge in [0.05, 0.1) is 13.2 Å². The Hall–Kier alpha value is -2.48. The van der Waals surface area contributed by atoms with Crippen LogP contribution >= 0.6 is 0 Å². The van der Waals surface area contributed by atoms with Crippen LogP contribution in [-0.2, 0) is 4.79 Å². The van der Waals surface area contributed by atoms with Crippen molar-refractivity contribution in [2.75, 3.05) is 51.3 Å². The fourth-order valence-corrected chi connectivity index (χ4v) is 4.69. The van der Waals surface area contributed by atoms with Crippen molar-refractivity contribution >= 4 is 17.6 Å². The van der Waals surface area contributed by atoms with Crippen LogP contribution in [0.3, 0.4) is 0 Å². The smallest absolute Gasteiger partial charge is 0.321 e. The van der Waals surface area contributed by atoms with Gasteiger partial charge in [-0.25, -0.2) is 4.79 Å². The number of urea groups is 1. The molecule has 170 valence electrons. The molecule has 3 aliphatic heterocycles. The summed E-state index contributed by atoms with van der Waals surface area (Å²) in [7, 11) is 0. The van der Waals surface area contributed by atoms with Crippen molar-refractivity contribution in [2.45, 2.75) is 45.1 Å². The molecule has 3 heterocycles. The van der Waals surface area contributed by atoms with Gasteiger partial charge in [0.2, 0.25) is 5.91 Å². The summed E-state index contributed by atoms with van der Waals surface area (Å²) in [6, 6.07) is 5.79. The fourth-order valence-electron chi connectivity index (χ4n) is 4.69. The predicted molar refractivity (Wildman–Crippen MR) is 119 cm³/mol. The average Bonchev–Trinajstić information content (AvgIpc) is 3.13. The molecule has 3 aliphatic rings. The Morgan fingerprint density at radius 2 is 1.81 bits per heavy atom. The second kappa shape index (κ2) is 10.2. The molecule has 0 aromatic heterocycles. The molecule has 1 aromatic rings. The highest BCUT2D eigenvalue weighted by Crippen LogP contribution is 2.32. The maximum atomic E-state index is 12.7. The molecule has 2 saturated heterocycles. The van der Waals surface area contributed by atoms with Crippen LogP contribution in [0.15, 0.2) is 18.2 Å². The average molecular weight is 431 g/mol. The largest absolute Gasteiger partial charge is 0.490 e. The highest BCUT2D eigenvalue weighted by atomic mass is 16.5. The van der Waals surface area contributed by atoms with E-state index in [1.165, 1.54) is 6.42 Å². The van der Waals surface area contributed by atoms with E-state index >= 15 is 0 Å². The molecule has 1 atom stereocenters. The van der Waals surface area contributed by atoms with Crippen LogP contribution in [0.5, 0.6) is 11.5 Å². The highest BCUT2D eigenvalue weighted by molar-refractivity contribution is 5.90. The molecule has 0 spiro atoms. The summed E-state index contributed by atoms with van der Waals surface area (Å²) >= 11 is 0. The first-order valence-electron chi connectivity index (χ1n) is 11.6. The molecule has 0 radical (unpaired) electrons. The summed E-state index contributed by atoms with van der Waals surface area (Å²) in [5, 5.41) is 6.10. The van der Waals surface area contributed by atoms with Gasteiger partial charge in [0.15, 0.2) is 11.5 Å². The van der Waals surface area contributed by atoms with Gasteiger partial charge in [0.1, 0.15) is 0 Å². The van der Waals surface area contributed by atoms with Gasteiger partial charge in [0, 0.05) is 49.8 Å². The lowest BCUT2D eigenvalue weighted by Gasteiger charge is -2.32. The summed E-state index contributed by atoms with van der Waals surface area (Å²) in [5.41, 5.74) is 0.686. The number of hydrogen-bond donors (Lipinski definition) is 2. The SMILES string of the molecule is CCN1CCCC1CNC(=O)C1CCN(C(=O)Nc2ccc3c(c2)OCCCO3)CC1. The van der Waals surface area contributed by atoms with Crippen LogP contribution in [0.1, 0.15) is 39.0 Å². The number of benzene rings is 1. The second-order valence-corrected chi connectivity index (χ2v) is 8.57. The topological polar surface area (TPSA) is 83.1 Å². The summed E-state index contributed by atoms with van der Waals surface area (Å²) in [6.45, 7) is 7.49. The third kappa shape index (κ3) is 5.42. The predicted octanol–water partition coefficient (Wildman–Crippen LogP) is 2.69. The molecule has 0 saturated carbocycles. The number of piperidine rings is 1. The Morgan fingerprint density at radius 1 is 1.03 bits per heavy atom. The lowest BCUT2D eigenvalue weighted by atomic mass is 9.96. The molecule has 3 amide bonds. The van der Waals surface area contributed by atoms with Crippen molar-refractivity contribution in [3.63, 3.8) is 0 Å². The van der Waals surface area contributed by atoms with E-state index in [1.54, 1.807) is 11.0 Å². The molecule has 31 heavy (non-hydrogen) atoms. The number of ether oxygens (including phenoxy) is 2. The first kappa shape index (κ1) is 21.7. The zero-order valence-corrected chi connectivity index (χ0v) is 18.4. The Balaban J connectivity index is 1.22. The summed E-state index contributed by atoms with van der Waals surface area (Å²) < 4.78 is 11.3. The molecule has 2 fully saturated rings. The minimum absolute atomic E-state index is 0.0152. The van der Waals surface area contributed by atoms with Crippen molar-refractivity contribution in [1.82, 2.24) is 15.1 Å². The molecule has 1 aromatic carbocycles. The molecular weight excluding hydrogens is 396 g/mol. The fraction of sp³-hybridized carbons (Fsp3) is 0.652. The van der Waals surface area contributed by atoms with Crippen LogP contribution in [0.25, 0.3) is 0 Å². The number of amides is 3. The number of nitrogens with zero attached hydrogens (tertiary/aromatic N) is 2. The minimum atomic E-state index is -0.141. The number of hydrogen-bond acceptors (Lipinski definition) is 5. The van der Waals surface area contributed by atoms with E-state index in [9.17, 15) is 9.59 Å². The monoisotopic (exact) mass is 430 g/mol. The third-order valence-corrected chi connectivity index (χ3v) is 6.57. The van der Waals surface area contributed by atoms with Gasteiger partial charge in [-0.1, -0.05) is 6.92 Å². The van der Waals surface area contributed by atoms with Gasteiger partial charge in [0.25, 0.3) is 0 Å². The van der Waals surface area contributed by atoms with E-state index < -0.39 is 0 Å². The van der Waals surface area contributed by atoms with Gasteiger partial charge in [-0.2, -0.15) is 0 Å². The summed E-state index contributed by atoms with van der Waals surface area (Å²) in [5.74, 6) is 1.49. The molecule has 4 rings (SSSR count). The van der Waals surface area contributed by atoms with E-state index in [0.717, 1.165) is 32.5 Å². The Morgan fingerprint density at radius 3 is 2.58 bits per heavy atom. The van der Waals surface area contributed by atoms with Gasteiger partial charge in [-0.15, -0.1) is 0 Å². The normalized spacial score (nSPS) is 22.1. The van der Waals surface area contributed by atoms with E-state index in [4.69, 9.17) is 9.47 Å². The van der Waals surface area contributed by atoms with E-state index in [1.807, 2.05) is 12.1 Å². The summed E-state index contributed by atoms with van der Waals surface area (Å²) in [6.07, 6.45) is 4.61. The quantitative estimate of drug-likeness (QED) is 0.751. The molecule has 2 N–H and O–H groups in total. The molecule has 8 heteroatoms. The van der Waals surface area contributed by atoms with Crippen molar-refractivity contribution in [3.05, 3.63) is 18.2 Å². The number of anilines is 1. The van der Waals surface area contributed by atoms with Crippen LogP contribution in [0.2, 0.25) is 0 Å². The van der Waals surface area contributed by atoms with Crippen LogP contribution in [0, 0.1) is 5.92 Å². The van der Waals surface area contributed by atoms with Crippen molar-refractivity contribution in [1.29, 1.82) is 0 Å². The number of likely N-dealkylation sites (N-methyl/N-ethyl adjacent to an activating group) is 1. The zero-order valence-electron chi connectivity index (χ0n) is 18.4. The maximum Gasteiger partial charge on any atom is 0.321 e. The standard InChI is InChI=1S/C23H34N4O4/c1-2-26-10-3-5-19(26)16-24-22(28)17-8-11-27(12-9-17)23(29)25-18-6-7-20-21(15-18)31-14-4-13-30-20/h6-7,15,17,19H,2-5,8-14,16H2,1H3,(H,24,28)(H,25,29). The van der Waals surface area contributed by atoms with Gasteiger partial charge < -0.3 is 25.0 Å². The molecule has 0 aliphatic carbocycles. The highest BCUT2D eigenvalue weighted by Gasteiger charge is 2.29. The van der Waals surface area contributed by atoms with Gasteiger partial charge in [-0.05, 0) is 50.9 Å². The number of rotatable bonds is 5. The van der Waals surface area contributed by atoms with Gasteiger partial charge in [-0.3, -0.25) is 9.69 Å². The number of nitrogens with one attached hydrogen (secondary N) is 2. The number of carbonyl (C=O) groups excluding carboxylic acids is 2. The molecule has 1 unspecified atom stereocenters. The van der Waals surface area contributed by atoms with Crippen LogP contribution < -0.4 is 20.1 Å². The first-order chi connectivity index (χ1) is 15.1. The van der Waals surface area contributed by atoms with Gasteiger partial charge >= 0.3 is 6.03 Å². The second-order valence-electron chi connectivity index (χ2n) is 8.57. The lowest BCUT2D eigenvalue weighted by Crippen LogP contribution is -2.46. The van der Waals surface area contributed by atoms with Crippen molar-refractivity contribution in [3.8, 4) is 11.5 Å². The first-order valence-corrected chi connectivity index (χ1v) is 11.6. The molecular formula is C23H34N4O4. The maximum absolute atomic E-state index is 12.7. The van der Waals surface area contributed by atoms with E-state index in [-0.39, 0.29) is 17.9 Å². The van der Waals surface area contributed by atoms with Crippen molar-refractivity contribution in [2.24, 2.45) is 5.92 Å². The Bertz CT molecular complexity index is 779. The van der Waals surface area contributed by atoms with Crippen molar-refractivity contribution < 1.29 is 19.1 Å². The molecule has 0 bridgehead atoms. The van der Waals surface area contributed by atoms with E-state index in [2.05, 4.69) is 22.5 Å². The zero-order chi connectivity index (χ0) is 21.6. The number of carbonyl (C=O) groups is 2. The van der Waals surface area contributed by atoms with Crippen LogP contribution in [-0.4, -0.2) is 73.7 Å². The lowest BCUT2D eigenvalue weighted by molar-refractivity contribution is -0.126. The Labute approximate surface area is 184 Å². The summed E-state index contributed by atoms with van der Waals surface area (Å²) in [4.78, 5) is 29.5. The number of likely N-dealkylation sites (tertiary alicyclic amines) is 2. The molecule has 8 nitrogen and oxygen atoms in total. The number of fused-ring (bicyclic) bond motifs is 1. The minimum Gasteiger partial charge on any atom is -0.490 e. The van der Waals surface area contributed by atoms with Crippen LogP contribution in [0.4, 0.5) is 10.5 Å². The Kier molecular flexibility index (Phi) is 7.17. The third-order valence-electron chi connectivity index (χ3n) is 6.57. The van der Waals surface area contributed by atoms with E-state index in [0.29, 0.717) is 62.4 Å².